The van der Waals surface area contributed by atoms with Gasteiger partial charge in [-0.15, -0.1) is 11.3 Å². The summed E-state index contributed by atoms with van der Waals surface area (Å²) in [5.41, 5.74) is 1.36. The topological polar surface area (TPSA) is 72.7 Å². The van der Waals surface area contributed by atoms with Crippen molar-refractivity contribution >= 4 is 49.8 Å². The van der Waals surface area contributed by atoms with Gasteiger partial charge in [0.25, 0.3) is 5.91 Å². The number of carbonyl (C=O) groups is 1. The first kappa shape index (κ1) is 22.4. The van der Waals surface area contributed by atoms with E-state index in [1.165, 1.54) is 17.4 Å². The molecule has 32 heavy (non-hydrogen) atoms. The van der Waals surface area contributed by atoms with E-state index < -0.39 is 17.8 Å². The average molecular weight is 524 g/mol. The van der Waals surface area contributed by atoms with Crippen LogP contribution in [0, 0.1) is 20.8 Å². The van der Waals surface area contributed by atoms with Crippen LogP contribution in [0.25, 0.3) is 10.9 Å². The summed E-state index contributed by atoms with van der Waals surface area (Å²) in [4.78, 5) is 21.2. The minimum absolute atomic E-state index is 0.0798. The Hall–Kier alpha value is -2.79. The number of alkyl halides is 3. The van der Waals surface area contributed by atoms with Gasteiger partial charge in [0.15, 0.2) is 0 Å². The maximum Gasteiger partial charge on any atom is 0.433 e. The van der Waals surface area contributed by atoms with E-state index in [0.717, 1.165) is 16.8 Å². The average Bonchev–Trinajstić information content (AvgIpc) is 3.24. The van der Waals surface area contributed by atoms with E-state index in [9.17, 15) is 18.0 Å². The molecule has 11 heteroatoms. The fraction of sp³-hybridized carbons (Fsp3) is 0.238. The number of rotatable bonds is 4. The second kappa shape index (κ2) is 8.28. The van der Waals surface area contributed by atoms with Gasteiger partial charge in [0.1, 0.15) is 5.69 Å². The van der Waals surface area contributed by atoms with E-state index in [-0.39, 0.29) is 11.1 Å². The highest BCUT2D eigenvalue weighted by molar-refractivity contribution is 9.10. The highest BCUT2D eigenvalue weighted by Gasteiger charge is 2.34. The Kier molecular flexibility index (Phi) is 5.80. The summed E-state index contributed by atoms with van der Waals surface area (Å²) in [7, 11) is 0. The van der Waals surface area contributed by atoms with Gasteiger partial charge in [-0.25, -0.2) is 9.97 Å². The molecule has 166 valence electrons. The lowest BCUT2D eigenvalue weighted by molar-refractivity contribution is -0.140. The lowest BCUT2D eigenvalue weighted by Crippen LogP contribution is -2.17. The van der Waals surface area contributed by atoms with Crippen molar-refractivity contribution in [1.82, 2.24) is 19.7 Å². The van der Waals surface area contributed by atoms with E-state index >= 15 is 0 Å². The molecule has 1 amide bonds. The van der Waals surface area contributed by atoms with E-state index in [4.69, 9.17) is 0 Å². The molecule has 0 spiro atoms. The summed E-state index contributed by atoms with van der Waals surface area (Å²) >= 11 is 4.83. The Morgan fingerprint density at radius 2 is 1.94 bits per heavy atom. The fourth-order valence-corrected chi connectivity index (χ4v) is 4.34. The van der Waals surface area contributed by atoms with Crippen molar-refractivity contribution in [1.29, 1.82) is 0 Å². The van der Waals surface area contributed by atoms with Crippen LogP contribution in [0.2, 0.25) is 0 Å². The van der Waals surface area contributed by atoms with Crippen molar-refractivity contribution in [3.8, 4) is 0 Å². The van der Waals surface area contributed by atoms with E-state index in [2.05, 4.69) is 36.3 Å². The third-order valence-corrected chi connectivity index (χ3v) is 6.22. The zero-order chi connectivity index (χ0) is 23.2. The summed E-state index contributed by atoms with van der Waals surface area (Å²) in [6.45, 7) is 5.86. The smallest absolute Gasteiger partial charge is 0.319 e. The number of pyridine rings is 1. The van der Waals surface area contributed by atoms with Crippen LogP contribution in [0.1, 0.15) is 38.1 Å². The lowest BCUT2D eigenvalue weighted by atomic mass is 10.1. The van der Waals surface area contributed by atoms with Gasteiger partial charge in [0, 0.05) is 15.2 Å². The summed E-state index contributed by atoms with van der Waals surface area (Å²) < 4.78 is 42.5. The molecule has 0 aliphatic carbocycles. The number of hydrogen-bond donors (Lipinski definition) is 1. The van der Waals surface area contributed by atoms with E-state index in [1.54, 1.807) is 30.7 Å². The van der Waals surface area contributed by atoms with Crippen LogP contribution >= 0.6 is 27.3 Å². The molecular formula is C21H17BrF3N5OS. The molecule has 0 radical (unpaired) electrons. The van der Waals surface area contributed by atoms with Crippen molar-refractivity contribution in [2.24, 2.45) is 0 Å². The number of carbonyl (C=O) groups excluding carboxylic acids is 1. The number of hydrogen-bond acceptors (Lipinski definition) is 5. The third kappa shape index (κ3) is 4.40. The summed E-state index contributed by atoms with van der Waals surface area (Å²) in [6, 6.07) is 5.37. The van der Waals surface area contributed by atoms with Crippen LogP contribution in [-0.4, -0.2) is 25.7 Å². The van der Waals surface area contributed by atoms with E-state index in [0.29, 0.717) is 33.5 Å². The molecule has 0 atom stereocenters. The number of thiazole rings is 1. The van der Waals surface area contributed by atoms with Crippen molar-refractivity contribution < 1.29 is 18.0 Å². The summed E-state index contributed by atoms with van der Waals surface area (Å²) in [5, 5.41) is 10.4. The van der Waals surface area contributed by atoms with Crippen molar-refractivity contribution in [3.63, 3.8) is 0 Å². The standard InChI is InChI=1S/C21H17BrF3N5OS/c1-10-19(11(2)30(29-10)8-14-9-32-12(3)26-14)28-20(31)16-7-18(21(23,24)25)27-17-5-4-13(22)6-15(16)17/h4-7,9H,8H2,1-3H3,(H,28,31). The second-order valence-corrected chi connectivity index (χ2v) is 9.21. The molecule has 1 N–H and O–H groups in total. The Morgan fingerprint density at radius 1 is 1.19 bits per heavy atom. The van der Waals surface area contributed by atoms with Crippen LogP contribution in [0.15, 0.2) is 34.1 Å². The fourth-order valence-electron chi connectivity index (χ4n) is 3.38. The molecule has 0 aliphatic rings. The number of nitrogens with one attached hydrogen (secondary N) is 1. The van der Waals surface area contributed by atoms with Crippen molar-refractivity contribution in [3.05, 3.63) is 67.5 Å². The van der Waals surface area contributed by atoms with Gasteiger partial charge in [-0.1, -0.05) is 15.9 Å². The van der Waals surface area contributed by atoms with Gasteiger partial charge in [-0.3, -0.25) is 9.48 Å². The number of nitrogens with zero attached hydrogens (tertiary/aromatic N) is 4. The first-order valence-electron chi connectivity index (χ1n) is 9.47. The monoisotopic (exact) mass is 523 g/mol. The van der Waals surface area contributed by atoms with Gasteiger partial charge >= 0.3 is 6.18 Å². The predicted octanol–water partition coefficient (Wildman–Crippen LogP) is 5.89. The highest BCUT2D eigenvalue weighted by Crippen LogP contribution is 2.32. The number of halogens is 4. The number of anilines is 1. The predicted molar refractivity (Wildman–Crippen MR) is 120 cm³/mol. The molecule has 0 saturated carbocycles. The summed E-state index contributed by atoms with van der Waals surface area (Å²) in [6.07, 6.45) is -4.68. The van der Waals surface area contributed by atoms with Gasteiger partial charge in [0.2, 0.25) is 0 Å². The Balaban J connectivity index is 1.72. The van der Waals surface area contributed by atoms with Gasteiger partial charge in [0.05, 0.1) is 45.4 Å². The lowest BCUT2D eigenvalue weighted by Gasteiger charge is -2.13. The second-order valence-electron chi connectivity index (χ2n) is 7.23. The molecule has 0 fully saturated rings. The molecule has 0 aliphatic heterocycles. The number of aromatic nitrogens is 4. The van der Waals surface area contributed by atoms with Gasteiger partial charge in [-0.2, -0.15) is 18.3 Å². The number of aryl methyl sites for hydroxylation is 2. The first-order chi connectivity index (χ1) is 15.0. The molecule has 3 heterocycles. The van der Waals surface area contributed by atoms with Crippen molar-refractivity contribution in [2.45, 2.75) is 33.5 Å². The van der Waals surface area contributed by atoms with E-state index in [1.807, 2.05) is 12.3 Å². The zero-order valence-electron chi connectivity index (χ0n) is 17.2. The van der Waals surface area contributed by atoms with Crippen LogP contribution in [0.3, 0.4) is 0 Å². The van der Waals surface area contributed by atoms with Crippen LogP contribution in [0.5, 0.6) is 0 Å². The molecule has 3 aromatic heterocycles. The number of benzene rings is 1. The maximum atomic E-state index is 13.4. The van der Waals surface area contributed by atoms with Gasteiger partial charge < -0.3 is 5.32 Å². The minimum Gasteiger partial charge on any atom is -0.319 e. The maximum absolute atomic E-state index is 13.4. The Morgan fingerprint density at radius 3 is 2.59 bits per heavy atom. The molecule has 1 aromatic carbocycles. The normalized spacial score (nSPS) is 11.8. The zero-order valence-corrected chi connectivity index (χ0v) is 19.6. The van der Waals surface area contributed by atoms with Crippen LogP contribution < -0.4 is 5.32 Å². The third-order valence-electron chi connectivity index (χ3n) is 4.90. The quantitative estimate of drug-likeness (QED) is 0.361. The largest absolute Gasteiger partial charge is 0.433 e. The number of amides is 1. The Labute approximate surface area is 193 Å². The number of fused-ring (bicyclic) bond motifs is 1. The van der Waals surface area contributed by atoms with Crippen LogP contribution in [-0.2, 0) is 12.7 Å². The van der Waals surface area contributed by atoms with Crippen molar-refractivity contribution in [2.75, 3.05) is 5.32 Å². The SMILES string of the molecule is Cc1nc(Cn2nc(C)c(NC(=O)c3cc(C(F)(F)F)nc4ccc(Br)cc34)c2C)cs1. The molecular weight excluding hydrogens is 507 g/mol. The molecule has 4 rings (SSSR count). The molecule has 4 aromatic rings. The molecule has 0 unspecified atom stereocenters. The molecule has 0 saturated heterocycles. The molecule has 0 bridgehead atoms. The summed E-state index contributed by atoms with van der Waals surface area (Å²) in [5.74, 6) is -0.670. The minimum atomic E-state index is -4.68. The highest BCUT2D eigenvalue weighted by atomic mass is 79.9. The first-order valence-corrected chi connectivity index (χ1v) is 11.1. The molecule has 6 nitrogen and oxygen atoms in total. The van der Waals surface area contributed by atoms with Gasteiger partial charge in [-0.05, 0) is 45.0 Å². The Bertz CT molecular complexity index is 1350. The van der Waals surface area contributed by atoms with Crippen LogP contribution in [0.4, 0.5) is 18.9 Å².